The Kier molecular flexibility index (Phi) is 4.51. The van der Waals surface area contributed by atoms with Crippen molar-refractivity contribution in [3.63, 3.8) is 0 Å². The van der Waals surface area contributed by atoms with E-state index in [1.54, 1.807) is 0 Å². The van der Waals surface area contributed by atoms with Crippen LogP contribution in [0.2, 0.25) is 0 Å². The minimum Gasteiger partial charge on any atom is -0.381 e. The number of carbonyl (C=O) groups is 1. The lowest BCUT2D eigenvalue weighted by molar-refractivity contribution is -0.124. The van der Waals surface area contributed by atoms with Crippen molar-refractivity contribution in [2.45, 2.75) is 38.3 Å². The lowest BCUT2D eigenvalue weighted by atomic mass is 9.86. The molecule has 2 aromatic heterocycles. The SMILES string of the molecule is Cc1ccc2nc(CNC(=O)CC3(n4cccc4)CCOCC3)[nH]c2c1. The Morgan fingerprint density at radius 3 is 2.85 bits per heavy atom. The Morgan fingerprint density at radius 2 is 2.08 bits per heavy atom. The third kappa shape index (κ3) is 3.37. The summed E-state index contributed by atoms with van der Waals surface area (Å²) in [5.74, 6) is 0.818. The van der Waals surface area contributed by atoms with Gasteiger partial charge in [0.1, 0.15) is 5.82 Å². The maximum Gasteiger partial charge on any atom is 0.222 e. The van der Waals surface area contributed by atoms with Crippen molar-refractivity contribution in [1.82, 2.24) is 19.9 Å². The number of hydrogen-bond acceptors (Lipinski definition) is 3. The number of aryl methyl sites for hydroxylation is 1. The summed E-state index contributed by atoms with van der Waals surface area (Å²) in [6.07, 6.45) is 6.22. The molecule has 0 spiro atoms. The number of ether oxygens (including phenoxy) is 1. The molecule has 26 heavy (non-hydrogen) atoms. The number of hydrogen-bond donors (Lipinski definition) is 2. The highest BCUT2D eigenvalue weighted by Crippen LogP contribution is 2.33. The van der Waals surface area contributed by atoms with E-state index in [9.17, 15) is 4.79 Å². The third-order valence-electron chi connectivity index (χ3n) is 5.20. The Balaban J connectivity index is 1.43. The monoisotopic (exact) mass is 352 g/mol. The number of nitrogens with zero attached hydrogens (tertiary/aromatic N) is 2. The van der Waals surface area contributed by atoms with Gasteiger partial charge in [-0.15, -0.1) is 0 Å². The van der Waals surface area contributed by atoms with Gasteiger partial charge in [0.05, 0.1) is 29.5 Å². The maximum atomic E-state index is 12.6. The average molecular weight is 352 g/mol. The summed E-state index contributed by atoms with van der Waals surface area (Å²) in [7, 11) is 0. The van der Waals surface area contributed by atoms with Crippen LogP contribution >= 0.6 is 0 Å². The second-order valence-corrected chi connectivity index (χ2v) is 7.08. The first-order chi connectivity index (χ1) is 12.6. The minimum atomic E-state index is -0.198. The summed E-state index contributed by atoms with van der Waals surface area (Å²) < 4.78 is 7.68. The number of amides is 1. The van der Waals surface area contributed by atoms with Gasteiger partial charge in [-0.2, -0.15) is 0 Å². The molecule has 4 rings (SSSR count). The molecule has 0 saturated carbocycles. The molecular weight excluding hydrogens is 328 g/mol. The molecule has 3 aromatic rings. The number of imidazole rings is 1. The number of H-pyrrole nitrogens is 1. The third-order valence-corrected chi connectivity index (χ3v) is 5.20. The molecule has 6 heteroatoms. The molecule has 2 N–H and O–H groups in total. The molecule has 136 valence electrons. The van der Waals surface area contributed by atoms with Crippen molar-refractivity contribution < 1.29 is 9.53 Å². The van der Waals surface area contributed by atoms with E-state index in [-0.39, 0.29) is 11.4 Å². The van der Waals surface area contributed by atoms with E-state index < -0.39 is 0 Å². The first-order valence-electron chi connectivity index (χ1n) is 9.08. The summed E-state index contributed by atoms with van der Waals surface area (Å²) in [6, 6.07) is 10.1. The zero-order valence-corrected chi connectivity index (χ0v) is 15.0. The Hall–Kier alpha value is -2.60. The molecular formula is C20H24N4O2. The average Bonchev–Trinajstić information content (AvgIpc) is 3.30. The largest absolute Gasteiger partial charge is 0.381 e. The Labute approximate surface area is 152 Å². The van der Waals surface area contributed by atoms with E-state index in [0.29, 0.717) is 26.2 Å². The molecule has 0 radical (unpaired) electrons. The van der Waals surface area contributed by atoms with Gasteiger partial charge in [0.2, 0.25) is 5.91 Å². The molecule has 3 heterocycles. The predicted octanol–water partition coefficient (Wildman–Crippen LogP) is 2.89. The number of rotatable bonds is 5. The number of carbonyl (C=O) groups excluding carboxylic acids is 1. The van der Waals surface area contributed by atoms with Gasteiger partial charge in [0.25, 0.3) is 0 Å². The Bertz CT molecular complexity index is 892. The molecule has 1 fully saturated rings. The Morgan fingerprint density at radius 1 is 1.31 bits per heavy atom. The van der Waals surface area contributed by atoms with Gasteiger partial charge in [-0.1, -0.05) is 6.07 Å². The van der Waals surface area contributed by atoms with Crippen molar-refractivity contribution >= 4 is 16.9 Å². The second-order valence-electron chi connectivity index (χ2n) is 7.08. The van der Waals surface area contributed by atoms with Gasteiger partial charge in [0.15, 0.2) is 0 Å². The van der Waals surface area contributed by atoms with E-state index in [4.69, 9.17) is 4.74 Å². The molecule has 1 amide bonds. The molecule has 1 aliphatic rings. The van der Waals surface area contributed by atoms with Crippen molar-refractivity contribution in [1.29, 1.82) is 0 Å². The van der Waals surface area contributed by atoms with Crippen molar-refractivity contribution in [3.05, 3.63) is 54.1 Å². The number of benzene rings is 1. The van der Waals surface area contributed by atoms with Crippen molar-refractivity contribution in [3.8, 4) is 0 Å². The van der Waals surface area contributed by atoms with Crippen LogP contribution in [0.25, 0.3) is 11.0 Å². The normalized spacial score (nSPS) is 16.7. The van der Waals surface area contributed by atoms with E-state index in [1.807, 2.05) is 36.7 Å². The van der Waals surface area contributed by atoms with E-state index >= 15 is 0 Å². The van der Waals surface area contributed by atoms with Crippen LogP contribution in [0.5, 0.6) is 0 Å². The zero-order valence-electron chi connectivity index (χ0n) is 15.0. The molecule has 0 bridgehead atoms. The van der Waals surface area contributed by atoms with E-state index in [2.05, 4.69) is 32.8 Å². The summed E-state index contributed by atoms with van der Waals surface area (Å²) in [5.41, 5.74) is 2.91. The summed E-state index contributed by atoms with van der Waals surface area (Å²) in [4.78, 5) is 20.5. The van der Waals surface area contributed by atoms with Crippen LogP contribution in [-0.2, 0) is 21.6 Å². The van der Waals surface area contributed by atoms with Gasteiger partial charge in [-0.05, 0) is 49.6 Å². The van der Waals surface area contributed by atoms with Crippen LogP contribution in [0.15, 0.2) is 42.7 Å². The number of aromatic amines is 1. The van der Waals surface area contributed by atoms with Gasteiger partial charge >= 0.3 is 0 Å². The smallest absolute Gasteiger partial charge is 0.222 e. The van der Waals surface area contributed by atoms with E-state index in [1.165, 1.54) is 5.56 Å². The molecule has 0 unspecified atom stereocenters. The van der Waals surface area contributed by atoms with Crippen LogP contribution in [0.4, 0.5) is 0 Å². The fourth-order valence-corrected chi connectivity index (χ4v) is 3.73. The van der Waals surface area contributed by atoms with Crippen LogP contribution in [0.1, 0.15) is 30.7 Å². The summed E-state index contributed by atoms with van der Waals surface area (Å²) >= 11 is 0. The predicted molar refractivity (Wildman–Crippen MR) is 99.8 cm³/mol. The molecule has 0 aliphatic carbocycles. The summed E-state index contributed by atoms with van der Waals surface area (Å²) in [6.45, 7) is 3.84. The fourth-order valence-electron chi connectivity index (χ4n) is 3.73. The van der Waals surface area contributed by atoms with Crippen LogP contribution < -0.4 is 5.32 Å². The first kappa shape index (κ1) is 16.8. The van der Waals surface area contributed by atoms with Gasteiger partial charge < -0.3 is 19.6 Å². The topological polar surface area (TPSA) is 71.9 Å². The fraction of sp³-hybridized carbons (Fsp3) is 0.400. The highest BCUT2D eigenvalue weighted by Gasteiger charge is 2.36. The molecule has 1 saturated heterocycles. The standard InChI is InChI=1S/C20H24N4O2/c1-15-4-5-16-17(12-15)23-18(22-16)14-21-19(25)13-20(6-10-26-11-7-20)24-8-2-3-9-24/h2-5,8-9,12H,6-7,10-11,13-14H2,1H3,(H,21,25)(H,22,23). The number of nitrogens with one attached hydrogen (secondary N) is 2. The zero-order chi connectivity index (χ0) is 18.0. The van der Waals surface area contributed by atoms with Crippen LogP contribution in [0, 0.1) is 6.92 Å². The van der Waals surface area contributed by atoms with Gasteiger partial charge in [-0.25, -0.2) is 4.98 Å². The molecule has 0 atom stereocenters. The van der Waals surface area contributed by atoms with Crippen LogP contribution in [0.3, 0.4) is 0 Å². The molecule has 1 aliphatic heterocycles. The lowest BCUT2D eigenvalue weighted by Gasteiger charge is -2.38. The van der Waals surface area contributed by atoms with Gasteiger partial charge in [-0.3, -0.25) is 4.79 Å². The van der Waals surface area contributed by atoms with Crippen molar-refractivity contribution in [2.75, 3.05) is 13.2 Å². The lowest BCUT2D eigenvalue weighted by Crippen LogP contribution is -2.43. The second kappa shape index (κ2) is 6.96. The first-order valence-corrected chi connectivity index (χ1v) is 9.08. The quantitative estimate of drug-likeness (QED) is 0.742. The van der Waals surface area contributed by atoms with Crippen molar-refractivity contribution in [2.24, 2.45) is 0 Å². The molecule has 6 nitrogen and oxygen atoms in total. The minimum absolute atomic E-state index is 0.0391. The van der Waals surface area contributed by atoms with Gasteiger partial charge in [0, 0.05) is 25.6 Å². The summed E-state index contributed by atoms with van der Waals surface area (Å²) in [5, 5.41) is 3.02. The van der Waals surface area contributed by atoms with Crippen LogP contribution in [-0.4, -0.2) is 33.7 Å². The highest BCUT2D eigenvalue weighted by atomic mass is 16.5. The number of fused-ring (bicyclic) bond motifs is 1. The highest BCUT2D eigenvalue weighted by molar-refractivity contribution is 5.78. The van der Waals surface area contributed by atoms with E-state index in [0.717, 1.165) is 29.7 Å². The number of aromatic nitrogens is 3. The molecule has 1 aromatic carbocycles. The maximum absolute atomic E-state index is 12.6.